The van der Waals surface area contributed by atoms with E-state index < -0.39 is 38.1 Å². The van der Waals surface area contributed by atoms with E-state index in [1.54, 1.807) is 10.6 Å². The summed E-state index contributed by atoms with van der Waals surface area (Å²) in [5.74, 6) is -3.09. The molecule has 5 aromatic rings. The fourth-order valence-electron chi connectivity index (χ4n) is 4.25. The first kappa shape index (κ1) is 25.9. The van der Waals surface area contributed by atoms with Gasteiger partial charge < -0.3 is 10.3 Å². The van der Waals surface area contributed by atoms with Gasteiger partial charge >= 0.3 is 0 Å². The summed E-state index contributed by atoms with van der Waals surface area (Å²) in [6, 6.07) is 17.4. The van der Waals surface area contributed by atoms with E-state index in [4.69, 9.17) is 10.7 Å². The van der Waals surface area contributed by atoms with Crippen LogP contribution in [0.3, 0.4) is 0 Å². The molecule has 0 unspecified atom stereocenters. The highest BCUT2D eigenvalue weighted by Crippen LogP contribution is 2.38. The maximum Gasteiger partial charge on any atom is 0.267 e. The van der Waals surface area contributed by atoms with Crippen LogP contribution in [-0.2, 0) is 16.6 Å². The van der Waals surface area contributed by atoms with Crippen molar-refractivity contribution in [3.63, 3.8) is 0 Å². The van der Waals surface area contributed by atoms with Crippen molar-refractivity contribution in [2.75, 3.05) is 10.5 Å². The molecular formula is C27H21F3N6O2S. The molecule has 0 spiro atoms. The second-order valence-corrected chi connectivity index (χ2v) is 9.99. The van der Waals surface area contributed by atoms with Gasteiger partial charge in [0.15, 0.2) is 10.7 Å². The maximum atomic E-state index is 16.1. The summed E-state index contributed by atoms with van der Waals surface area (Å²) in [5.41, 5.74) is 6.93. The summed E-state index contributed by atoms with van der Waals surface area (Å²) in [7, 11) is -4.82. The molecule has 3 N–H and O–H groups in total. The van der Waals surface area contributed by atoms with Crippen molar-refractivity contribution in [1.29, 1.82) is 0 Å². The van der Waals surface area contributed by atoms with Gasteiger partial charge in [0.25, 0.3) is 10.0 Å². The van der Waals surface area contributed by atoms with Crippen LogP contribution in [0.4, 0.5) is 24.8 Å². The molecule has 39 heavy (non-hydrogen) atoms. The summed E-state index contributed by atoms with van der Waals surface area (Å²) < 4.78 is 74.1. The van der Waals surface area contributed by atoms with E-state index in [1.165, 1.54) is 18.3 Å². The van der Waals surface area contributed by atoms with Gasteiger partial charge in [0.05, 0.1) is 17.1 Å². The smallest absolute Gasteiger partial charge is 0.267 e. The Morgan fingerprint density at radius 1 is 0.897 bits per heavy atom. The van der Waals surface area contributed by atoms with Crippen LogP contribution in [0.25, 0.3) is 34.0 Å². The lowest BCUT2D eigenvalue weighted by atomic mass is 10.1. The summed E-state index contributed by atoms with van der Waals surface area (Å²) in [6.07, 6.45) is 1.44. The van der Waals surface area contributed by atoms with Crippen molar-refractivity contribution in [3.05, 3.63) is 96.4 Å². The van der Waals surface area contributed by atoms with E-state index in [9.17, 15) is 17.2 Å². The van der Waals surface area contributed by atoms with Crippen molar-refractivity contribution >= 4 is 21.7 Å². The molecule has 5 rings (SSSR count). The number of hydrogen-bond acceptors (Lipinski definition) is 6. The van der Waals surface area contributed by atoms with Gasteiger partial charge in [0.1, 0.15) is 23.2 Å². The Balaban J connectivity index is 1.71. The summed E-state index contributed by atoms with van der Waals surface area (Å²) in [5, 5.41) is 0. The number of nitrogen functional groups attached to an aromatic ring is 1. The molecule has 3 aromatic carbocycles. The predicted octanol–water partition coefficient (Wildman–Crippen LogP) is 5.49. The van der Waals surface area contributed by atoms with Crippen LogP contribution >= 0.6 is 0 Å². The third-order valence-corrected chi connectivity index (χ3v) is 7.33. The summed E-state index contributed by atoms with van der Waals surface area (Å²) in [4.78, 5) is 11.7. The second kappa shape index (κ2) is 10.2. The summed E-state index contributed by atoms with van der Waals surface area (Å²) in [6.45, 7) is 2.21. The Kier molecular flexibility index (Phi) is 6.79. The number of aromatic nitrogens is 4. The highest BCUT2D eigenvalue weighted by Gasteiger charge is 2.28. The van der Waals surface area contributed by atoms with Gasteiger partial charge in [-0.3, -0.25) is 4.72 Å². The molecule has 0 aliphatic rings. The monoisotopic (exact) mass is 550 g/mol. The second-order valence-electron chi connectivity index (χ2n) is 8.37. The van der Waals surface area contributed by atoms with Crippen molar-refractivity contribution in [3.8, 4) is 34.0 Å². The van der Waals surface area contributed by atoms with E-state index >= 15 is 4.39 Å². The van der Waals surface area contributed by atoms with Crippen LogP contribution < -0.4 is 10.5 Å². The number of nitrogens with one attached hydrogen (secondary N) is 1. The Morgan fingerprint density at radius 2 is 1.59 bits per heavy atom. The molecular weight excluding hydrogens is 529 g/mol. The zero-order chi connectivity index (χ0) is 27.7. The molecule has 0 radical (unpaired) electrons. The molecule has 0 saturated carbocycles. The number of nitrogens with zero attached hydrogens (tertiary/aromatic N) is 4. The molecule has 0 atom stereocenters. The molecule has 8 nitrogen and oxygen atoms in total. The lowest BCUT2D eigenvalue weighted by molar-refractivity contribution is 0.521. The van der Waals surface area contributed by atoms with Crippen molar-refractivity contribution in [2.24, 2.45) is 0 Å². The van der Waals surface area contributed by atoms with Crippen LogP contribution in [0.15, 0.2) is 83.9 Å². The van der Waals surface area contributed by atoms with E-state index in [2.05, 4.69) is 9.97 Å². The van der Waals surface area contributed by atoms with Crippen LogP contribution in [-0.4, -0.2) is 27.9 Å². The molecule has 0 aliphatic carbocycles. The number of rotatable bonds is 7. The number of sulfonamides is 1. The molecule has 0 fully saturated rings. The summed E-state index contributed by atoms with van der Waals surface area (Å²) >= 11 is 0. The van der Waals surface area contributed by atoms with E-state index in [1.807, 2.05) is 42.0 Å². The molecule has 2 heterocycles. The minimum atomic E-state index is -4.82. The van der Waals surface area contributed by atoms with Gasteiger partial charge in [0.2, 0.25) is 5.95 Å². The standard InChI is InChI=1S/C27H21F3N6O2S/c1-2-36-24(23(21-14-15-32-27(31)33-21)34-26(36)16-8-4-3-5-9-16)17-10-6-13-20(22(17)30)35-39(37,38)25-18(28)11-7-12-19(25)29/h3-15,35H,2H2,1H3,(H2,31,32,33). The SMILES string of the molecule is CCn1c(-c2ccccc2)nc(-c2ccnc(N)n2)c1-c1cccc(NS(=O)(=O)c2c(F)cccc2F)c1F. The molecule has 198 valence electrons. The first-order valence-electron chi connectivity index (χ1n) is 11.7. The predicted molar refractivity (Wildman–Crippen MR) is 141 cm³/mol. The van der Waals surface area contributed by atoms with Gasteiger partial charge in [-0.15, -0.1) is 0 Å². The van der Waals surface area contributed by atoms with Crippen LogP contribution in [0.1, 0.15) is 6.92 Å². The highest BCUT2D eigenvalue weighted by molar-refractivity contribution is 7.92. The average Bonchev–Trinajstić information content (AvgIpc) is 3.29. The Hall–Kier alpha value is -4.71. The first-order chi connectivity index (χ1) is 18.7. The molecule has 12 heteroatoms. The number of anilines is 2. The fourth-order valence-corrected chi connectivity index (χ4v) is 5.45. The Labute approximate surface area is 222 Å². The van der Waals surface area contributed by atoms with E-state index in [0.29, 0.717) is 23.8 Å². The van der Waals surface area contributed by atoms with Gasteiger partial charge in [-0.25, -0.2) is 36.5 Å². The Morgan fingerprint density at radius 3 is 2.26 bits per heavy atom. The zero-order valence-electron chi connectivity index (χ0n) is 20.4. The van der Waals surface area contributed by atoms with Gasteiger partial charge in [0, 0.05) is 23.9 Å². The minimum absolute atomic E-state index is 0.0142. The van der Waals surface area contributed by atoms with Crippen molar-refractivity contribution in [1.82, 2.24) is 19.5 Å². The lowest BCUT2D eigenvalue weighted by Crippen LogP contribution is -2.17. The zero-order valence-corrected chi connectivity index (χ0v) is 21.3. The molecule has 0 aliphatic heterocycles. The Bertz CT molecular complexity index is 1770. The third kappa shape index (κ3) is 4.81. The number of benzene rings is 3. The lowest BCUT2D eigenvalue weighted by Gasteiger charge is -2.15. The van der Waals surface area contributed by atoms with E-state index in [-0.39, 0.29) is 17.2 Å². The van der Waals surface area contributed by atoms with Crippen LogP contribution in [0.5, 0.6) is 0 Å². The number of imidazole rings is 1. The highest BCUT2D eigenvalue weighted by atomic mass is 32.2. The average molecular weight is 551 g/mol. The van der Waals surface area contributed by atoms with E-state index in [0.717, 1.165) is 29.8 Å². The third-order valence-electron chi connectivity index (χ3n) is 5.92. The largest absolute Gasteiger partial charge is 0.368 e. The molecule has 0 saturated heterocycles. The van der Waals surface area contributed by atoms with Crippen LogP contribution in [0.2, 0.25) is 0 Å². The van der Waals surface area contributed by atoms with Gasteiger partial charge in [-0.1, -0.05) is 42.5 Å². The van der Waals surface area contributed by atoms with Crippen molar-refractivity contribution < 1.29 is 21.6 Å². The minimum Gasteiger partial charge on any atom is -0.368 e. The van der Waals surface area contributed by atoms with Gasteiger partial charge in [-0.2, -0.15) is 0 Å². The first-order valence-corrected chi connectivity index (χ1v) is 13.2. The molecule has 0 bridgehead atoms. The number of hydrogen-bond donors (Lipinski definition) is 2. The number of halogens is 3. The normalized spacial score (nSPS) is 11.5. The molecule has 2 aromatic heterocycles. The fraction of sp³-hybridized carbons (Fsp3) is 0.0741. The van der Waals surface area contributed by atoms with Crippen LogP contribution in [0, 0.1) is 17.5 Å². The maximum absolute atomic E-state index is 16.1. The quantitative estimate of drug-likeness (QED) is 0.277. The molecule has 0 amide bonds. The van der Waals surface area contributed by atoms with Crippen molar-refractivity contribution in [2.45, 2.75) is 18.4 Å². The number of nitrogens with two attached hydrogens (primary N) is 1. The van der Waals surface area contributed by atoms with Gasteiger partial charge in [-0.05, 0) is 37.3 Å². The topological polar surface area (TPSA) is 116 Å².